The van der Waals surface area contributed by atoms with E-state index in [4.69, 9.17) is 27.8 Å². The van der Waals surface area contributed by atoms with Crippen LogP contribution in [0, 0.1) is 17.3 Å². The lowest BCUT2D eigenvalue weighted by Gasteiger charge is -2.27. The van der Waals surface area contributed by atoms with Gasteiger partial charge in [-0.25, -0.2) is 0 Å². The van der Waals surface area contributed by atoms with E-state index >= 15 is 0 Å². The third-order valence-electron chi connectivity index (χ3n) is 6.29. The summed E-state index contributed by atoms with van der Waals surface area (Å²) >= 11 is 0. The van der Waals surface area contributed by atoms with Crippen molar-refractivity contribution in [3.63, 3.8) is 0 Å². The van der Waals surface area contributed by atoms with Crippen LogP contribution in [-0.2, 0) is 27.8 Å². The van der Waals surface area contributed by atoms with Gasteiger partial charge in [0.25, 0.3) is 0 Å². The van der Waals surface area contributed by atoms with E-state index in [1.165, 1.54) is 0 Å². The van der Waals surface area contributed by atoms with Crippen molar-refractivity contribution in [3.8, 4) is 0 Å². The van der Waals surface area contributed by atoms with Gasteiger partial charge >= 0.3 is 8.60 Å². The van der Waals surface area contributed by atoms with E-state index < -0.39 is 8.60 Å². The van der Waals surface area contributed by atoms with Crippen LogP contribution in [0.4, 0.5) is 0 Å². The Morgan fingerprint density at radius 2 is 1.48 bits per heavy atom. The van der Waals surface area contributed by atoms with Crippen LogP contribution < -0.4 is 0 Å². The monoisotopic (exact) mass is 434 g/mol. The maximum absolute atomic E-state index is 6.24. The third-order valence-corrected chi connectivity index (χ3v) is 7.37. The van der Waals surface area contributed by atoms with Crippen LogP contribution in [-0.4, -0.2) is 56.9 Å². The van der Waals surface area contributed by atoms with E-state index in [2.05, 4.69) is 55.4 Å². The molecular weight excluding hydrogens is 391 g/mol. The first-order valence-electron chi connectivity index (χ1n) is 11.1. The number of hydrogen-bond acceptors (Lipinski definition) is 6. The smallest absolute Gasteiger partial charge is 0.332 e. The maximum atomic E-state index is 6.24. The standard InChI is InChI=1S/C22H43O6P/c1-10-18-21(15(3)17(5)26-18)28-29(23-9)25-13-19-20(14(2)16(4)27-19)24-12-11-22(6,7)8/h14-21H,10-13H2,1-9H3. The highest BCUT2D eigenvalue weighted by molar-refractivity contribution is 7.41. The fourth-order valence-electron chi connectivity index (χ4n) is 3.91. The molecule has 2 aliphatic heterocycles. The molecule has 2 fully saturated rings. The summed E-state index contributed by atoms with van der Waals surface area (Å²) in [4.78, 5) is 0. The van der Waals surface area contributed by atoms with Gasteiger partial charge in [-0.05, 0) is 32.1 Å². The van der Waals surface area contributed by atoms with Crippen molar-refractivity contribution >= 4 is 8.60 Å². The van der Waals surface area contributed by atoms with Crippen LogP contribution in [0.5, 0.6) is 0 Å². The molecular formula is C22H43O6P. The van der Waals surface area contributed by atoms with E-state index in [0.717, 1.165) is 19.4 Å². The molecule has 0 N–H and O–H groups in total. The zero-order chi connectivity index (χ0) is 21.8. The Labute approximate surface area is 179 Å². The topological polar surface area (TPSA) is 55.4 Å². The highest BCUT2D eigenvalue weighted by Crippen LogP contribution is 2.46. The SMILES string of the molecule is CCC1OC(C)C(C)C1OP(OC)OCC1OC(C)C(C)C1OCCC(C)(C)C. The van der Waals surface area contributed by atoms with Gasteiger partial charge in [0.2, 0.25) is 0 Å². The molecule has 0 aromatic heterocycles. The summed E-state index contributed by atoms with van der Waals surface area (Å²) in [6, 6.07) is 0. The number of ether oxygens (including phenoxy) is 3. The molecule has 9 unspecified atom stereocenters. The fraction of sp³-hybridized carbons (Fsp3) is 1.00. The molecule has 6 nitrogen and oxygen atoms in total. The summed E-state index contributed by atoms with van der Waals surface area (Å²) in [5.74, 6) is 0.631. The van der Waals surface area contributed by atoms with Gasteiger partial charge in [0, 0.05) is 25.6 Å². The van der Waals surface area contributed by atoms with Crippen molar-refractivity contribution in [1.82, 2.24) is 0 Å². The molecule has 0 saturated carbocycles. The lowest BCUT2D eigenvalue weighted by molar-refractivity contribution is -0.0513. The van der Waals surface area contributed by atoms with Crippen LogP contribution in [0.25, 0.3) is 0 Å². The molecule has 0 bridgehead atoms. The van der Waals surface area contributed by atoms with Crippen LogP contribution in [0.15, 0.2) is 0 Å². The summed E-state index contributed by atoms with van der Waals surface area (Å²) in [6.45, 7) is 18.5. The summed E-state index contributed by atoms with van der Waals surface area (Å²) in [6.07, 6.45) is 2.24. The molecule has 9 atom stereocenters. The highest BCUT2D eigenvalue weighted by atomic mass is 31.2. The molecule has 172 valence electrons. The van der Waals surface area contributed by atoms with Crippen molar-refractivity contribution < 1.29 is 27.8 Å². The molecule has 0 aliphatic carbocycles. The first-order valence-corrected chi connectivity index (χ1v) is 12.2. The lowest BCUT2D eigenvalue weighted by Crippen LogP contribution is -2.33. The fourth-order valence-corrected chi connectivity index (χ4v) is 4.96. The Balaban J connectivity index is 1.89. The second-order valence-electron chi connectivity index (χ2n) is 9.80. The van der Waals surface area contributed by atoms with Crippen molar-refractivity contribution in [2.24, 2.45) is 17.3 Å². The molecule has 7 heteroatoms. The second-order valence-corrected chi connectivity index (χ2v) is 11.1. The molecule has 0 aromatic rings. The van der Waals surface area contributed by atoms with Crippen molar-refractivity contribution in [3.05, 3.63) is 0 Å². The van der Waals surface area contributed by atoms with Crippen LogP contribution in [0.2, 0.25) is 0 Å². The Hall–Kier alpha value is 0.190. The Morgan fingerprint density at radius 1 is 0.897 bits per heavy atom. The minimum absolute atomic E-state index is 0.0118. The summed E-state index contributed by atoms with van der Waals surface area (Å²) in [5.41, 5.74) is 0.255. The van der Waals surface area contributed by atoms with Crippen LogP contribution >= 0.6 is 8.60 Å². The van der Waals surface area contributed by atoms with Crippen LogP contribution in [0.3, 0.4) is 0 Å². The van der Waals surface area contributed by atoms with Gasteiger partial charge in [-0.2, -0.15) is 0 Å². The van der Waals surface area contributed by atoms with E-state index in [1.807, 2.05) is 0 Å². The average Bonchev–Trinajstić information content (AvgIpc) is 3.08. The molecule has 29 heavy (non-hydrogen) atoms. The predicted molar refractivity (Wildman–Crippen MR) is 116 cm³/mol. The molecule has 2 rings (SSSR count). The Bertz CT molecular complexity index is 484. The second kappa shape index (κ2) is 11.2. The Kier molecular flexibility index (Phi) is 9.80. The first kappa shape index (κ1) is 25.5. The summed E-state index contributed by atoms with van der Waals surface area (Å²) < 4.78 is 36.2. The molecule has 2 aliphatic rings. The normalized spacial score (nSPS) is 39.2. The predicted octanol–water partition coefficient (Wildman–Crippen LogP) is 5.34. The molecule has 0 aromatic carbocycles. The quantitative estimate of drug-likeness (QED) is 0.433. The largest absolute Gasteiger partial charge is 0.375 e. The maximum Gasteiger partial charge on any atom is 0.332 e. The third kappa shape index (κ3) is 7.10. The molecule has 2 saturated heterocycles. The summed E-state index contributed by atoms with van der Waals surface area (Å²) in [7, 11) is 0.175. The van der Waals surface area contributed by atoms with E-state index in [0.29, 0.717) is 18.4 Å². The minimum atomic E-state index is -1.46. The highest BCUT2D eigenvalue weighted by Gasteiger charge is 2.43. The van der Waals surface area contributed by atoms with E-state index in [9.17, 15) is 0 Å². The molecule has 0 amide bonds. The molecule has 0 radical (unpaired) electrons. The van der Waals surface area contributed by atoms with Crippen LogP contribution in [0.1, 0.15) is 68.2 Å². The van der Waals surface area contributed by atoms with Gasteiger partial charge < -0.3 is 27.8 Å². The lowest BCUT2D eigenvalue weighted by atomic mass is 9.93. The van der Waals surface area contributed by atoms with E-state index in [-0.39, 0.29) is 42.0 Å². The Morgan fingerprint density at radius 3 is 2.03 bits per heavy atom. The zero-order valence-electron chi connectivity index (χ0n) is 19.8. The number of hydrogen-bond donors (Lipinski definition) is 0. The van der Waals surface area contributed by atoms with Gasteiger partial charge in [-0.3, -0.25) is 0 Å². The van der Waals surface area contributed by atoms with Gasteiger partial charge in [-0.1, -0.05) is 41.5 Å². The van der Waals surface area contributed by atoms with E-state index in [1.54, 1.807) is 7.11 Å². The van der Waals surface area contributed by atoms with Crippen molar-refractivity contribution in [2.45, 2.75) is 105 Å². The van der Waals surface area contributed by atoms with Gasteiger partial charge in [0.1, 0.15) is 6.10 Å². The van der Waals surface area contributed by atoms with Crippen molar-refractivity contribution in [2.75, 3.05) is 20.3 Å². The minimum Gasteiger partial charge on any atom is -0.375 e. The number of rotatable bonds is 10. The molecule has 2 heterocycles. The molecule has 0 spiro atoms. The average molecular weight is 435 g/mol. The van der Waals surface area contributed by atoms with Gasteiger partial charge in [-0.15, -0.1) is 0 Å². The van der Waals surface area contributed by atoms with Gasteiger partial charge in [0.15, 0.2) is 0 Å². The van der Waals surface area contributed by atoms with Crippen molar-refractivity contribution in [1.29, 1.82) is 0 Å². The zero-order valence-corrected chi connectivity index (χ0v) is 20.7. The van der Waals surface area contributed by atoms with Gasteiger partial charge in [0.05, 0.1) is 37.1 Å². The first-order chi connectivity index (χ1) is 13.6. The summed E-state index contributed by atoms with van der Waals surface area (Å²) in [5, 5.41) is 0.